The number of ketones is 1. The SMILES string of the molecule is N#CC1(C(=O)c2ccc[nH]2)COC1. The van der Waals surface area contributed by atoms with Crippen LogP contribution >= 0.6 is 0 Å². The largest absolute Gasteiger partial charge is 0.377 e. The van der Waals surface area contributed by atoms with E-state index in [4.69, 9.17) is 10.00 Å². The molecule has 2 rings (SSSR count). The quantitative estimate of drug-likeness (QED) is 0.676. The number of nitrogens with one attached hydrogen (secondary N) is 1. The highest BCUT2D eigenvalue weighted by Gasteiger charge is 2.47. The van der Waals surface area contributed by atoms with E-state index in [2.05, 4.69) is 4.98 Å². The summed E-state index contributed by atoms with van der Waals surface area (Å²) in [5, 5.41) is 8.84. The van der Waals surface area contributed by atoms with Gasteiger partial charge in [0.05, 0.1) is 25.0 Å². The number of ether oxygens (including phenoxy) is 1. The van der Waals surface area contributed by atoms with Crippen LogP contribution < -0.4 is 0 Å². The fraction of sp³-hybridized carbons (Fsp3) is 0.333. The van der Waals surface area contributed by atoms with Gasteiger partial charge in [-0.2, -0.15) is 5.26 Å². The van der Waals surface area contributed by atoms with Gasteiger partial charge < -0.3 is 9.72 Å². The van der Waals surface area contributed by atoms with Crippen molar-refractivity contribution >= 4 is 5.78 Å². The first kappa shape index (κ1) is 8.02. The van der Waals surface area contributed by atoms with Gasteiger partial charge in [-0.15, -0.1) is 0 Å². The molecule has 0 amide bonds. The molecule has 0 unspecified atom stereocenters. The van der Waals surface area contributed by atoms with Gasteiger partial charge in [0.2, 0.25) is 5.78 Å². The summed E-state index contributed by atoms with van der Waals surface area (Å²) >= 11 is 0. The standard InChI is InChI=1S/C9H8N2O2/c10-4-9(5-13-6-9)8(12)7-2-1-3-11-7/h1-3,11H,5-6H2. The van der Waals surface area contributed by atoms with Gasteiger partial charge in [0.25, 0.3) is 0 Å². The van der Waals surface area contributed by atoms with Crippen LogP contribution in [0, 0.1) is 16.7 Å². The first-order valence-electron chi connectivity index (χ1n) is 3.96. The summed E-state index contributed by atoms with van der Waals surface area (Å²) in [5.41, 5.74) is -0.463. The number of hydrogen-bond acceptors (Lipinski definition) is 3. The van der Waals surface area contributed by atoms with Gasteiger partial charge in [0, 0.05) is 6.20 Å². The Bertz CT molecular complexity index is 357. The monoisotopic (exact) mass is 176 g/mol. The maximum Gasteiger partial charge on any atom is 0.203 e. The van der Waals surface area contributed by atoms with Crippen molar-refractivity contribution in [1.29, 1.82) is 5.26 Å². The summed E-state index contributed by atoms with van der Waals surface area (Å²) in [5.74, 6) is -0.175. The summed E-state index contributed by atoms with van der Waals surface area (Å²) in [4.78, 5) is 14.5. The van der Waals surface area contributed by atoms with E-state index in [1.165, 1.54) is 0 Å². The number of H-pyrrole nitrogens is 1. The third-order valence-corrected chi connectivity index (χ3v) is 2.19. The van der Waals surface area contributed by atoms with Crippen LogP contribution in [-0.2, 0) is 4.74 Å². The molecular formula is C9H8N2O2. The summed E-state index contributed by atoms with van der Waals surface area (Å²) < 4.78 is 4.89. The summed E-state index contributed by atoms with van der Waals surface area (Å²) in [6.07, 6.45) is 1.66. The smallest absolute Gasteiger partial charge is 0.203 e. The van der Waals surface area contributed by atoms with E-state index >= 15 is 0 Å². The fourth-order valence-electron chi connectivity index (χ4n) is 1.28. The molecule has 1 aliphatic heterocycles. The number of carbonyl (C=O) groups is 1. The van der Waals surface area contributed by atoms with Crippen molar-refractivity contribution in [3.05, 3.63) is 24.0 Å². The van der Waals surface area contributed by atoms with Crippen molar-refractivity contribution in [2.24, 2.45) is 5.41 Å². The lowest BCUT2D eigenvalue weighted by Crippen LogP contribution is -2.48. The van der Waals surface area contributed by atoms with Crippen LogP contribution in [-0.4, -0.2) is 24.0 Å². The van der Waals surface area contributed by atoms with E-state index in [1.807, 2.05) is 6.07 Å². The molecule has 0 aliphatic carbocycles. The molecule has 0 bridgehead atoms. The Morgan fingerprint density at radius 2 is 2.46 bits per heavy atom. The van der Waals surface area contributed by atoms with E-state index in [1.54, 1.807) is 18.3 Å². The summed E-state index contributed by atoms with van der Waals surface area (Å²) in [7, 11) is 0. The highest BCUT2D eigenvalue weighted by atomic mass is 16.5. The first-order valence-corrected chi connectivity index (χ1v) is 3.96. The molecular weight excluding hydrogens is 168 g/mol. The molecule has 0 spiro atoms. The van der Waals surface area contributed by atoms with Crippen molar-refractivity contribution < 1.29 is 9.53 Å². The maximum absolute atomic E-state index is 11.7. The number of rotatable bonds is 2. The van der Waals surface area contributed by atoms with Gasteiger partial charge in [-0.3, -0.25) is 4.79 Å². The lowest BCUT2D eigenvalue weighted by atomic mass is 9.82. The molecule has 13 heavy (non-hydrogen) atoms. The zero-order chi connectivity index (χ0) is 9.31. The number of aromatic nitrogens is 1. The highest BCUT2D eigenvalue weighted by Crippen LogP contribution is 2.30. The lowest BCUT2D eigenvalue weighted by Gasteiger charge is -2.32. The van der Waals surface area contributed by atoms with Crippen LogP contribution in [0.15, 0.2) is 18.3 Å². The van der Waals surface area contributed by atoms with E-state index in [0.29, 0.717) is 5.69 Å². The molecule has 1 fully saturated rings. The number of aromatic amines is 1. The van der Waals surface area contributed by atoms with Gasteiger partial charge >= 0.3 is 0 Å². The van der Waals surface area contributed by atoms with Crippen LogP contribution in [0.2, 0.25) is 0 Å². The van der Waals surface area contributed by atoms with Crippen LogP contribution in [0.1, 0.15) is 10.5 Å². The predicted molar refractivity (Wildman–Crippen MR) is 44.0 cm³/mol. The number of Topliss-reactive ketones (excluding diaryl/α,β-unsaturated/α-hetero) is 1. The van der Waals surface area contributed by atoms with Crippen molar-refractivity contribution in [3.63, 3.8) is 0 Å². The maximum atomic E-state index is 11.7. The normalized spacial score (nSPS) is 18.7. The second-order valence-corrected chi connectivity index (χ2v) is 3.10. The molecule has 0 saturated carbocycles. The topological polar surface area (TPSA) is 65.9 Å². The van der Waals surface area contributed by atoms with E-state index in [9.17, 15) is 4.79 Å². The molecule has 1 saturated heterocycles. The van der Waals surface area contributed by atoms with Crippen molar-refractivity contribution in [1.82, 2.24) is 4.98 Å². The molecule has 0 radical (unpaired) electrons. The van der Waals surface area contributed by atoms with Gasteiger partial charge in [-0.05, 0) is 12.1 Å². The third-order valence-electron chi connectivity index (χ3n) is 2.19. The summed E-state index contributed by atoms with van der Waals surface area (Å²) in [6.45, 7) is 0.419. The molecule has 66 valence electrons. The van der Waals surface area contributed by atoms with Crippen LogP contribution in [0.5, 0.6) is 0 Å². The molecule has 1 aliphatic rings. The Morgan fingerprint density at radius 1 is 1.69 bits per heavy atom. The second kappa shape index (κ2) is 2.71. The van der Waals surface area contributed by atoms with Gasteiger partial charge in [0.15, 0.2) is 5.41 Å². The number of nitriles is 1. The summed E-state index contributed by atoms with van der Waals surface area (Å²) in [6, 6.07) is 5.41. The minimum absolute atomic E-state index is 0.175. The highest BCUT2D eigenvalue weighted by molar-refractivity contribution is 6.01. The Morgan fingerprint density at radius 3 is 2.85 bits per heavy atom. The Labute approximate surface area is 75.1 Å². The molecule has 1 aromatic rings. The van der Waals surface area contributed by atoms with Crippen LogP contribution in [0.3, 0.4) is 0 Å². The van der Waals surface area contributed by atoms with Crippen LogP contribution in [0.4, 0.5) is 0 Å². The Balaban J connectivity index is 2.28. The lowest BCUT2D eigenvalue weighted by molar-refractivity contribution is -0.0568. The zero-order valence-electron chi connectivity index (χ0n) is 6.91. The number of nitrogens with zero attached hydrogens (tertiary/aromatic N) is 1. The Hall–Kier alpha value is -1.60. The minimum Gasteiger partial charge on any atom is -0.377 e. The predicted octanol–water partition coefficient (Wildman–Crippen LogP) is 0.738. The molecule has 2 heterocycles. The average Bonchev–Trinajstić information content (AvgIpc) is 2.54. The van der Waals surface area contributed by atoms with Crippen molar-refractivity contribution in [2.75, 3.05) is 13.2 Å². The third kappa shape index (κ3) is 1.05. The molecule has 1 aromatic heterocycles. The van der Waals surface area contributed by atoms with Crippen LogP contribution in [0.25, 0.3) is 0 Å². The molecule has 1 N–H and O–H groups in total. The Kier molecular flexibility index (Phi) is 1.67. The number of hydrogen-bond donors (Lipinski definition) is 1. The van der Waals surface area contributed by atoms with Crippen molar-refractivity contribution in [2.45, 2.75) is 0 Å². The number of carbonyl (C=O) groups excluding carboxylic acids is 1. The van der Waals surface area contributed by atoms with E-state index in [-0.39, 0.29) is 19.0 Å². The van der Waals surface area contributed by atoms with Crippen molar-refractivity contribution in [3.8, 4) is 6.07 Å². The minimum atomic E-state index is -0.940. The van der Waals surface area contributed by atoms with E-state index < -0.39 is 5.41 Å². The molecule has 4 heteroatoms. The molecule has 0 aromatic carbocycles. The van der Waals surface area contributed by atoms with E-state index in [0.717, 1.165) is 0 Å². The first-order chi connectivity index (χ1) is 6.28. The zero-order valence-corrected chi connectivity index (χ0v) is 6.91. The van der Waals surface area contributed by atoms with Gasteiger partial charge in [0.1, 0.15) is 0 Å². The second-order valence-electron chi connectivity index (χ2n) is 3.10. The molecule has 0 atom stereocenters. The van der Waals surface area contributed by atoms with Gasteiger partial charge in [-0.25, -0.2) is 0 Å². The van der Waals surface area contributed by atoms with Gasteiger partial charge in [-0.1, -0.05) is 0 Å². The molecule has 4 nitrogen and oxygen atoms in total. The average molecular weight is 176 g/mol. The fourth-order valence-corrected chi connectivity index (χ4v) is 1.28.